The van der Waals surface area contributed by atoms with Gasteiger partial charge in [-0.1, -0.05) is 6.07 Å². The molecule has 0 atom stereocenters. The molecule has 2 saturated heterocycles. The minimum absolute atomic E-state index is 0.265. The van der Waals surface area contributed by atoms with Gasteiger partial charge in [-0.25, -0.2) is 23.6 Å². The van der Waals surface area contributed by atoms with Crippen molar-refractivity contribution >= 4 is 12.0 Å². The van der Waals surface area contributed by atoms with Crippen LogP contribution < -0.4 is 0 Å². The second-order valence-corrected chi connectivity index (χ2v) is 9.85. The zero-order valence-corrected chi connectivity index (χ0v) is 19.4. The maximum atomic E-state index is 13.2. The molecule has 33 heavy (non-hydrogen) atoms. The highest BCUT2D eigenvalue weighted by atomic mass is 19.1. The van der Waals surface area contributed by atoms with Crippen molar-refractivity contribution in [1.29, 1.82) is 0 Å². The van der Waals surface area contributed by atoms with Crippen molar-refractivity contribution in [3.05, 3.63) is 47.8 Å². The monoisotopic (exact) mass is 455 g/mol. The lowest BCUT2D eigenvalue weighted by Crippen LogP contribution is -2.50. The van der Waals surface area contributed by atoms with E-state index in [1.807, 2.05) is 26.8 Å². The maximum absolute atomic E-state index is 13.2. The lowest BCUT2D eigenvalue weighted by atomic mass is 9.70. The molecule has 0 aromatic carbocycles. The molecule has 2 aromatic rings. The van der Waals surface area contributed by atoms with E-state index in [-0.39, 0.29) is 11.5 Å². The van der Waals surface area contributed by atoms with Crippen LogP contribution in [0.2, 0.25) is 0 Å². The Morgan fingerprint density at radius 2 is 1.94 bits per heavy atom. The Labute approximate surface area is 193 Å². The number of amides is 1. The van der Waals surface area contributed by atoms with Crippen molar-refractivity contribution in [2.45, 2.75) is 58.6 Å². The van der Waals surface area contributed by atoms with Crippen molar-refractivity contribution in [2.24, 2.45) is 5.41 Å². The number of nitrogens with zero attached hydrogens (tertiary/aromatic N) is 5. The van der Waals surface area contributed by atoms with Crippen LogP contribution in [0.3, 0.4) is 0 Å². The lowest BCUT2D eigenvalue weighted by molar-refractivity contribution is 0.00628. The number of likely N-dealkylation sites (tertiary alicyclic amines) is 2. The minimum atomic E-state index is -0.531. The molecule has 0 saturated carbocycles. The van der Waals surface area contributed by atoms with E-state index in [4.69, 9.17) is 4.74 Å². The Morgan fingerprint density at radius 3 is 2.52 bits per heavy atom. The van der Waals surface area contributed by atoms with Gasteiger partial charge in [-0.3, -0.25) is 0 Å². The number of piperidine rings is 2. The molecule has 0 aliphatic carbocycles. The molecule has 8 nitrogen and oxygen atoms in total. The molecule has 0 unspecified atom stereocenters. The summed E-state index contributed by atoms with van der Waals surface area (Å²) in [7, 11) is 0. The van der Waals surface area contributed by atoms with Crippen molar-refractivity contribution in [1.82, 2.24) is 24.6 Å². The minimum Gasteiger partial charge on any atom is -0.444 e. The highest BCUT2D eigenvalue weighted by Gasteiger charge is 2.44. The van der Waals surface area contributed by atoms with Gasteiger partial charge >= 0.3 is 6.09 Å². The van der Waals surface area contributed by atoms with E-state index in [0.29, 0.717) is 31.1 Å². The zero-order valence-electron chi connectivity index (χ0n) is 19.4. The fourth-order valence-electron chi connectivity index (χ4n) is 4.73. The largest absolute Gasteiger partial charge is 0.444 e. The highest BCUT2D eigenvalue weighted by molar-refractivity contribution is 5.68. The molecule has 9 heteroatoms. The van der Waals surface area contributed by atoms with Crippen LogP contribution in [0.1, 0.15) is 52.0 Å². The summed E-state index contributed by atoms with van der Waals surface area (Å²) >= 11 is 0. The molecule has 0 radical (unpaired) electrons. The Hall–Kier alpha value is -3.19. The summed E-state index contributed by atoms with van der Waals surface area (Å²) in [6.07, 6.45) is 7.15. The van der Waals surface area contributed by atoms with Gasteiger partial charge in [0.15, 0.2) is 11.6 Å². The van der Waals surface area contributed by atoms with Crippen LogP contribution in [0, 0.1) is 11.2 Å². The van der Waals surface area contributed by atoms with Crippen molar-refractivity contribution in [2.75, 3.05) is 19.6 Å². The summed E-state index contributed by atoms with van der Waals surface area (Å²) in [6.45, 7) is 8.01. The van der Waals surface area contributed by atoms with E-state index in [1.165, 1.54) is 10.9 Å². The van der Waals surface area contributed by atoms with E-state index in [2.05, 4.69) is 20.9 Å². The first-order chi connectivity index (χ1) is 15.7. The fourth-order valence-corrected chi connectivity index (χ4v) is 4.73. The van der Waals surface area contributed by atoms with Gasteiger partial charge in [-0.05, 0) is 58.1 Å². The number of hydrogen-bond donors (Lipinski definition) is 0. The lowest BCUT2D eigenvalue weighted by Gasteiger charge is -2.48. The van der Waals surface area contributed by atoms with E-state index >= 15 is 0 Å². The molecule has 176 valence electrons. The van der Waals surface area contributed by atoms with E-state index in [0.717, 1.165) is 44.0 Å². The smallest absolute Gasteiger partial charge is 0.410 e. The van der Waals surface area contributed by atoms with Gasteiger partial charge in [0.05, 0.1) is 12.4 Å². The number of aromatic nitrogens is 3. The van der Waals surface area contributed by atoms with Gasteiger partial charge in [0.25, 0.3) is 0 Å². The number of halogens is 1. The average molecular weight is 456 g/mol. The molecule has 2 aliphatic heterocycles. The molecule has 1 amide bonds. The first-order valence-electron chi connectivity index (χ1n) is 11.3. The quantitative estimate of drug-likeness (QED) is 0.656. The Balaban J connectivity index is 1.43. The Morgan fingerprint density at radius 1 is 1.18 bits per heavy atom. The number of carbonyl (C=O) groups excluding carboxylic acids is 2. The summed E-state index contributed by atoms with van der Waals surface area (Å²) in [6, 6.07) is 3.70. The number of pyridine rings is 1. The summed E-state index contributed by atoms with van der Waals surface area (Å²) in [5.74, 6) is 2.35. The molecule has 0 N–H and O–H groups in total. The molecule has 4 heterocycles. The second-order valence-electron chi connectivity index (χ2n) is 9.85. The standard InChI is InChI=1S/C24H30FN5O3/c1-23(2,3)33-22(32)28-11-8-24(9-12-28)7-4-10-29(20(24)17-31)15-18-5-6-21(26-13-18)30-16-19(25)14-27-30/h5-6,13-14,16H,4,7-12,15H2,1-3H3. The van der Waals surface area contributed by atoms with Gasteiger partial charge < -0.3 is 14.5 Å². The van der Waals surface area contributed by atoms with Crippen LogP contribution >= 0.6 is 0 Å². The van der Waals surface area contributed by atoms with Gasteiger partial charge in [0.2, 0.25) is 0 Å². The molecule has 0 bridgehead atoms. The van der Waals surface area contributed by atoms with Gasteiger partial charge in [0, 0.05) is 37.8 Å². The maximum Gasteiger partial charge on any atom is 0.410 e. The zero-order chi connectivity index (χ0) is 23.6. The van der Waals surface area contributed by atoms with Gasteiger partial charge in [-0.15, -0.1) is 0 Å². The number of hydrogen-bond acceptors (Lipinski definition) is 6. The molecule has 2 aromatic heterocycles. The van der Waals surface area contributed by atoms with Crippen LogP contribution in [-0.2, 0) is 16.1 Å². The van der Waals surface area contributed by atoms with E-state index in [9.17, 15) is 14.0 Å². The third-order valence-corrected chi connectivity index (χ3v) is 6.34. The van der Waals surface area contributed by atoms with Gasteiger partial charge in [0.1, 0.15) is 17.2 Å². The van der Waals surface area contributed by atoms with Crippen molar-refractivity contribution in [3.63, 3.8) is 0 Å². The SMILES string of the molecule is CC(C)(C)OC(=O)N1CCC2(CCCN(Cc3ccc(-n4cc(F)cn4)nc3)C2=C=O)CC1. The van der Waals surface area contributed by atoms with Crippen molar-refractivity contribution < 1.29 is 18.7 Å². The molecular weight excluding hydrogens is 425 g/mol. The van der Waals surface area contributed by atoms with Crippen LogP contribution in [0.4, 0.5) is 9.18 Å². The van der Waals surface area contributed by atoms with Crippen LogP contribution in [0.15, 0.2) is 36.4 Å². The summed E-state index contributed by atoms with van der Waals surface area (Å²) < 4.78 is 20.1. The number of rotatable bonds is 3. The van der Waals surface area contributed by atoms with Crippen LogP contribution in [0.5, 0.6) is 0 Å². The summed E-state index contributed by atoms with van der Waals surface area (Å²) in [4.78, 5) is 32.8. The predicted molar refractivity (Wildman–Crippen MR) is 120 cm³/mol. The number of allylic oxidation sites excluding steroid dienone is 1. The topological polar surface area (TPSA) is 80.6 Å². The van der Waals surface area contributed by atoms with Gasteiger partial charge in [-0.2, -0.15) is 5.10 Å². The fraction of sp³-hybridized carbons (Fsp3) is 0.542. The average Bonchev–Trinajstić information content (AvgIpc) is 3.20. The van der Waals surface area contributed by atoms with Crippen molar-refractivity contribution in [3.8, 4) is 5.82 Å². The van der Waals surface area contributed by atoms with E-state index < -0.39 is 11.4 Å². The molecule has 2 fully saturated rings. The van der Waals surface area contributed by atoms with E-state index in [1.54, 1.807) is 17.2 Å². The van der Waals surface area contributed by atoms with Crippen LogP contribution in [-0.4, -0.2) is 61.8 Å². The van der Waals surface area contributed by atoms with Crippen LogP contribution in [0.25, 0.3) is 5.82 Å². The Kier molecular flexibility index (Phi) is 6.26. The molecular formula is C24H30FN5O3. The summed E-state index contributed by atoms with van der Waals surface area (Å²) in [5, 5.41) is 3.93. The molecule has 4 rings (SSSR count). The highest BCUT2D eigenvalue weighted by Crippen LogP contribution is 2.46. The summed E-state index contributed by atoms with van der Waals surface area (Å²) in [5.41, 5.74) is 0.841. The number of carbonyl (C=O) groups is 1. The second kappa shape index (κ2) is 8.98. The normalized spacial score (nSPS) is 18.4. The first-order valence-corrected chi connectivity index (χ1v) is 11.3. The first kappa shape index (κ1) is 23.0. The molecule has 2 aliphatic rings. The third kappa shape index (κ3) is 5.09. The third-order valence-electron chi connectivity index (χ3n) is 6.34. The Bertz CT molecular complexity index is 1040. The molecule has 1 spiro atoms. The predicted octanol–water partition coefficient (Wildman–Crippen LogP) is 3.74. The number of ether oxygens (including phenoxy) is 1.